The van der Waals surface area contributed by atoms with Gasteiger partial charge in [0.2, 0.25) is 11.8 Å². The van der Waals surface area contributed by atoms with Gasteiger partial charge in [-0.05, 0) is 31.7 Å². The van der Waals surface area contributed by atoms with Crippen molar-refractivity contribution in [2.75, 3.05) is 32.0 Å². The summed E-state index contributed by atoms with van der Waals surface area (Å²) in [5.74, 6) is -0.289. The number of nitrogens with zero attached hydrogens (tertiary/aromatic N) is 1. The maximum atomic E-state index is 12.0. The maximum Gasteiger partial charge on any atom is 0.238 e. The second-order valence-corrected chi connectivity index (χ2v) is 6.57. The van der Waals surface area contributed by atoms with Crippen molar-refractivity contribution in [2.24, 2.45) is 0 Å². The first-order valence-corrected chi connectivity index (χ1v) is 8.88. The standard InChI is InChI=1S/C17H25Cl2N3O2/c1-3-4-5-6-9-20-16(23)11-22(2)12-17(24)21-13-7-8-14(18)15(19)10-13/h7-8,10H,3-6,9,11-12H2,1-2H3,(H,20,23)(H,21,24). The van der Waals surface area contributed by atoms with Crippen LogP contribution in [0, 0.1) is 0 Å². The van der Waals surface area contributed by atoms with E-state index in [1.165, 1.54) is 12.8 Å². The lowest BCUT2D eigenvalue weighted by Gasteiger charge is -2.16. The van der Waals surface area contributed by atoms with Crippen LogP contribution in [0.25, 0.3) is 0 Å². The van der Waals surface area contributed by atoms with Crippen LogP contribution in [-0.4, -0.2) is 43.4 Å². The second-order valence-electron chi connectivity index (χ2n) is 5.76. The highest BCUT2D eigenvalue weighted by atomic mass is 35.5. The minimum absolute atomic E-state index is 0.0728. The Hall–Kier alpha value is -1.30. The first kappa shape index (κ1) is 20.7. The van der Waals surface area contributed by atoms with E-state index in [4.69, 9.17) is 23.2 Å². The summed E-state index contributed by atoms with van der Waals surface area (Å²) in [6.45, 7) is 3.13. The normalized spacial score (nSPS) is 10.7. The van der Waals surface area contributed by atoms with Gasteiger partial charge in [0.25, 0.3) is 0 Å². The molecule has 2 amide bonds. The number of benzene rings is 1. The lowest BCUT2D eigenvalue weighted by Crippen LogP contribution is -2.39. The smallest absolute Gasteiger partial charge is 0.238 e. The molecule has 5 nitrogen and oxygen atoms in total. The summed E-state index contributed by atoms with van der Waals surface area (Å²) in [6, 6.07) is 4.88. The third-order valence-corrected chi connectivity index (χ3v) is 4.12. The molecule has 0 fully saturated rings. The van der Waals surface area contributed by atoms with Gasteiger partial charge in [0.1, 0.15) is 0 Å². The molecule has 7 heteroatoms. The molecule has 0 radical (unpaired) electrons. The Morgan fingerprint density at radius 3 is 2.42 bits per heavy atom. The number of halogens is 2. The van der Waals surface area contributed by atoms with Crippen LogP contribution in [0.3, 0.4) is 0 Å². The number of anilines is 1. The summed E-state index contributed by atoms with van der Waals surface area (Å²) in [5.41, 5.74) is 0.572. The maximum absolute atomic E-state index is 12.0. The molecule has 0 atom stereocenters. The summed E-state index contributed by atoms with van der Waals surface area (Å²) in [4.78, 5) is 25.4. The molecular formula is C17H25Cl2N3O2. The van der Waals surface area contributed by atoms with E-state index in [1.54, 1.807) is 30.1 Å². The zero-order valence-corrected chi connectivity index (χ0v) is 15.7. The lowest BCUT2D eigenvalue weighted by atomic mass is 10.2. The number of rotatable bonds is 10. The van der Waals surface area contributed by atoms with E-state index in [1.807, 2.05) is 0 Å². The largest absolute Gasteiger partial charge is 0.355 e. The van der Waals surface area contributed by atoms with Crippen molar-refractivity contribution in [1.82, 2.24) is 10.2 Å². The summed E-state index contributed by atoms with van der Waals surface area (Å²) in [6.07, 6.45) is 4.47. The van der Waals surface area contributed by atoms with Crippen LogP contribution in [0.2, 0.25) is 10.0 Å². The topological polar surface area (TPSA) is 61.4 Å². The van der Waals surface area contributed by atoms with Crippen molar-refractivity contribution in [3.8, 4) is 0 Å². The van der Waals surface area contributed by atoms with Crippen LogP contribution in [0.1, 0.15) is 32.6 Å². The van der Waals surface area contributed by atoms with E-state index in [9.17, 15) is 9.59 Å². The third-order valence-electron chi connectivity index (χ3n) is 3.38. The Bertz CT molecular complexity index is 553. The van der Waals surface area contributed by atoms with Crippen LogP contribution in [-0.2, 0) is 9.59 Å². The third kappa shape index (κ3) is 8.52. The van der Waals surface area contributed by atoms with Gasteiger partial charge in [-0.1, -0.05) is 49.4 Å². The van der Waals surface area contributed by atoms with Gasteiger partial charge in [0.15, 0.2) is 0 Å². The van der Waals surface area contributed by atoms with E-state index in [-0.39, 0.29) is 24.9 Å². The molecule has 0 aliphatic heterocycles. The monoisotopic (exact) mass is 373 g/mol. The van der Waals surface area contributed by atoms with E-state index < -0.39 is 0 Å². The average Bonchev–Trinajstić information content (AvgIpc) is 2.50. The van der Waals surface area contributed by atoms with Crippen molar-refractivity contribution in [3.63, 3.8) is 0 Å². The predicted molar refractivity (Wildman–Crippen MR) is 99.7 cm³/mol. The highest BCUT2D eigenvalue weighted by molar-refractivity contribution is 6.42. The Labute approximate surface area is 153 Å². The van der Waals surface area contributed by atoms with Gasteiger partial charge < -0.3 is 10.6 Å². The summed E-state index contributed by atoms with van der Waals surface area (Å²) >= 11 is 11.7. The molecule has 1 aromatic rings. The summed E-state index contributed by atoms with van der Waals surface area (Å²) in [7, 11) is 1.73. The van der Waals surface area contributed by atoms with Crippen LogP contribution >= 0.6 is 23.2 Å². The minimum atomic E-state index is -0.216. The van der Waals surface area contributed by atoms with Gasteiger partial charge in [-0.15, -0.1) is 0 Å². The first-order valence-electron chi connectivity index (χ1n) is 8.12. The summed E-state index contributed by atoms with van der Waals surface area (Å²) in [5, 5.41) is 6.40. The zero-order chi connectivity index (χ0) is 17.9. The molecule has 24 heavy (non-hydrogen) atoms. The SMILES string of the molecule is CCCCCCNC(=O)CN(C)CC(=O)Nc1ccc(Cl)c(Cl)c1. The number of nitrogens with one attached hydrogen (secondary N) is 2. The van der Waals surface area contributed by atoms with Gasteiger partial charge >= 0.3 is 0 Å². The molecule has 0 spiro atoms. The van der Waals surface area contributed by atoms with E-state index in [0.29, 0.717) is 22.3 Å². The summed E-state index contributed by atoms with van der Waals surface area (Å²) < 4.78 is 0. The van der Waals surface area contributed by atoms with Crippen LogP contribution in [0.15, 0.2) is 18.2 Å². The second kappa shape index (κ2) is 11.3. The van der Waals surface area contributed by atoms with Crippen molar-refractivity contribution >= 4 is 40.7 Å². The number of hydrogen-bond donors (Lipinski definition) is 2. The number of carbonyl (C=O) groups excluding carboxylic acids is 2. The predicted octanol–water partition coefficient (Wildman–Crippen LogP) is 3.56. The molecule has 134 valence electrons. The van der Waals surface area contributed by atoms with Crippen LogP contribution in [0.5, 0.6) is 0 Å². The van der Waals surface area contributed by atoms with Crippen molar-refractivity contribution in [3.05, 3.63) is 28.2 Å². The van der Waals surface area contributed by atoms with E-state index in [0.717, 1.165) is 12.8 Å². The molecule has 0 saturated heterocycles. The fraction of sp³-hybridized carbons (Fsp3) is 0.529. The number of hydrogen-bond acceptors (Lipinski definition) is 3. The number of amides is 2. The first-order chi connectivity index (χ1) is 11.4. The Kier molecular flexibility index (Phi) is 9.76. The number of unbranched alkanes of at least 4 members (excludes halogenated alkanes) is 3. The molecule has 0 saturated carbocycles. The van der Waals surface area contributed by atoms with Crippen molar-refractivity contribution < 1.29 is 9.59 Å². The quantitative estimate of drug-likeness (QED) is 0.616. The van der Waals surface area contributed by atoms with Gasteiger partial charge in [0.05, 0.1) is 23.1 Å². The van der Waals surface area contributed by atoms with E-state index >= 15 is 0 Å². The van der Waals surface area contributed by atoms with Crippen molar-refractivity contribution in [1.29, 1.82) is 0 Å². The van der Waals surface area contributed by atoms with Gasteiger partial charge in [-0.25, -0.2) is 0 Å². The van der Waals surface area contributed by atoms with Gasteiger partial charge in [0, 0.05) is 12.2 Å². The molecule has 1 aromatic carbocycles. The van der Waals surface area contributed by atoms with Gasteiger partial charge in [-0.2, -0.15) is 0 Å². The van der Waals surface area contributed by atoms with Crippen LogP contribution < -0.4 is 10.6 Å². The number of likely N-dealkylation sites (N-methyl/N-ethyl adjacent to an activating group) is 1. The molecule has 0 unspecified atom stereocenters. The lowest BCUT2D eigenvalue weighted by molar-refractivity contribution is -0.122. The fourth-order valence-corrected chi connectivity index (χ4v) is 2.45. The average molecular weight is 374 g/mol. The molecule has 0 aliphatic carbocycles. The Morgan fingerprint density at radius 1 is 1.04 bits per heavy atom. The van der Waals surface area contributed by atoms with Crippen molar-refractivity contribution in [2.45, 2.75) is 32.6 Å². The minimum Gasteiger partial charge on any atom is -0.355 e. The highest BCUT2D eigenvalue weighted by Gasteiger charge is 2.11. The van der Waals surface area contributed by atoms with Gasteiger partial charge in [-0.3, -0.25) is 14.5 Å². The molecule has 2 N–H and O–H groups in total. The fourth-order valence-electron chi connectivity index (χ4n) is 2.16. The highest BCUT2D eigenvalue weighted by Crippen LogP contribution is 2.24. The molecule has 1 rings (SSSR count). The molecule has 0 heterocycles. The molecule has 0 aromatic heterocycles. The Balaban J connectivity index is 2.28. The van der Waals surface area contributed by atoms with Crippen LogP contribution in [0.4, 0.5) is 5.69 Å². The molecule has 0 aliphatic rings. The molecule has 0 bridgehead atoms. The molecular weight excluding hydrogens is 349 g/mol. The van der Waals surface area contributed by atoms with E-state index in [2.05, 4.69) is 17.6 Å². The Morgan fingerprint density at radius 2 is 1.75 bits per heavy atom. The zero-order valence-electron chi connectivity index (χ0n) is 14.2. The number of carbonyl (C=O) groups is 2.